The molecule has 0 radical (unpaired) electrons. The number of rotatable bonds is 5. The molecule has 1 saturated heterocycles. The Morgan fingerprint density at radius 3 is 2.65 bits per heavy atom. The van der Waals surface area contributed by atoms with Crippen molar-refractivity contribution < 1.29 is 4.74 Å². The van der Waals surface area contributed by atoms with Crippen LogP contribution in [0.1, 0.15) is 24.9 Å². The van der Waals surface area contributed by atoms with Gasteiger partial charge in [0.15, 0.2) is 0 Å². The molecule has 1 aliphatic heterocycles. The topological polar surface area (TPSA) is 24.5 Å². The number of ether oxygens (including phenoxy) is 1. The van der Waals surface area contributed by atoms with Gasteiger partial charge in [-0.15, -0.1) is 6.58 Å². The normalized spacial score (nSPS) is 17.1. The summed E-state index contributed by atoms with van der Waals surface area (Å²) in [4.78, 5) is 2.56. The van der Waals surface area contributed by atoms with Crippen molar-refractivity contribution in [3.05, 3.63) is 54.1 Å². The maximum absolute atomic E-state index is 5.73. The third-order valence-corrected chi connectivity index (χ3v) is 4.62. The number of hydrogen-bond acceptors (Lipinski definition) is 3. The molecule has 2 aromatic carbocycles. The second kappa shape index (κ2) is 7.16. The Bertz CT molecular complexity index is 689. The predicted octanol–water partition coefficient (Wildman–Crippen LogP) is 3.76. The summed E-state index contributed by atoms with van der Waals surface area (Å²) in [5, 5.41) is 6.00. The third kappa shape index (κ3) is 3.41. The lowest BCUT2D eigenvalue weighted by atomic mass is 9.92. The van der Waals surface area contributed by atoms with Gasteiger partial charge < -0.3 is 10.1 Å². The second-order valence-electron chi connectivity index (χ2n) is 6.37. The molecule has 0 amide bonds. The Labute approximate surface area is 138 Å². The molecular weight excluding hydrogens is 284 g/mol. The van der Waals surface area contributed by atoms with Crippen LogP contribution >= 0.6 is 0 Å². The molecule has 122 valence electrons. The minimum atomic E-state index is 0.315. The van der Waals surface area contributed by atoms with Crippen LogP contribution in [0.4, 0.5) is 0 Å². The van der Waals surface area contributed by atoms with Crippen molar-refractivity contribution in [2.45, 2.75) is 19.4 Å². The zero-order valence-electron chi connectivity index (χ0n) is 14.1. The molecule has 2 aromatic rings. The van der Waals surface area contributed by atoms with Gasteiger partial charge in [-0.3, -0.25) is 4.90 Å². The van der Waals surface area contributed by atoms with Gasteiger partial charge in [-0.05, 0) is 30.2 Å². The van der Waals surface area contributed by atoms with Crippen LogP contribution in [-0.2, 0) is 0 Å². The smallest absolute Gasteiger partial charge is 0.124 e. The number of methoxy groups -OCH3 is 1. The minimum absolute atomic E-state index is 0.315. The largest absolute Gasteiger partial charge is 0.496 e. The van der Waals surface area contributed by atoms with Crippen molar-refractivity contribution in [1.29, 1.82) is 0 Å². The quantitative estimate of drug-likeness (QED) is 0.851. The number of benzene rings is 2. The molecule has 0 saturated carbocycles. The SMILES string of the molecule is C=C(C)C[C@H](c1c(OC)ccc2ccccc12)N1CCNCC1. The van der Waals surface area contributed by atoms with Gasteiger partial charge in [-0.1, -0.05) is 35.9 Å². The maximum atomic E-state index is 5.73. The van der Waals surface area contributed by atoms with Gasteiger partial charge in [0, 0.05) is 37.8 Å². The number of nitrogens with one attached hydrogen (secondary N) is 1. The van der Waals surface area contributed by atoms with Gasteiger partial charge in [-0.2, -0.15) is 0 Å². The van der Waals surface area contributed by atoms with Crippen LogP contribution in [0.5, 0.6) is 5.75 Å². The summed E-state index contributed by atoms with van der Waals surface area (Å²) in [5.74, 6) is 0.980. The summed E-state index contributed by atoms with van der Waals surface area (Å²) in [6, 6.07) is 13.2. The van der Waals surface area contributed by atoms with E-state index in [1.54, 1.807) is 7.11 Å². The molecule has 0 spiro atoms. The molecule has 3 heteroatoms. The Morgan fingerprint density at radius 1 is 1.22 bits per heavy atom. The van der Waals surface area contributed by atoms with E-state index in [1.165, 1.54) is 21.9 Å². The monoisotopic (exact) mass is 310 g/mol. The highest BCUT2D eigenvalue weighted by Crippen LogP contribution is 2.39. The molecule has 0 unspecified atom stereocenters. The summed E-state index contributed by atoms with van der Waals surface area (Å²) in [7, 11) is 1.77. The van der Waals surface area contributed by atoms with Crippen molar-refractivity contribution in [3.8, 4) is 5.75 Å². The zero-order chi connectivity index (χ0) is 16.2. The fourth-order valence-electron chi connectivity index (χ4n) is 3.53. The zero-order valence-corrected chi connectivity index (χ0v) is 14.1. The van der Waals surface area contributed by atoms with E-state index < -0.39 is 0 Å². The molecule has 3 nitrogen and oxygen atoms in total. The average molecular weight is 310 g/mol. The van der Waals surface area contributed by atoms with Crippen molar-refractivity contribution in [2.75, 3.05) is 33.3 Å². The first-order chi connectivity index (χ1) is 11.2. The molecular formula is C20H26N2O. The summed E-state index contributed by atoms with van der Waals surface area (Å²) >= 11 is 0. The molecule has 3 rings (SSSR count). The van der Waals surface area contributed by atoms with Gasteiger partial charge in [-0.25, -0.2) is 0 Å². The summed E-state index contributed by atoms with van der Waals surface area (Å²) in [6.45, 7) is 10.5. The highest BCUT2D eigenvalue weighted by molar-refractivity contribution is 5.88. The molecule has 1 N–H and O–H groups in total. The van der Waals surface area contributed by atoms with Gasteiger partial charge >= 0.3 is 0 Å². The lowest BCUT2D eigenvalue weighted by molar-refractivity contribution is 0.170. The number of fused-ring (bicyclic) bond motifs is 1. The highest BCUT2D eigenvalue weighted by atomic mass is 16.5. The van der Waals surface area contributed by atoms with E-state index in [9.17, 15) is 0 Å². The molecule has 0 aromatic heterocycles. The van der Waals surface area contributed by atoms with E-state index in [0.717, 1.165) is 38.3 Å². The molecule has 1 atom stereocenters. The molecule has 0 aliphatic carbocycles. The predicted molar refractivity (Wildman–Crippen MR) is 97.1 cm³/mol. The van der Waals surface area contributed by atoms with Gasteiger partial charge in [0.05, 0.1) is 7.11 Å². The van der Waals surface area contributed by atoms with Crippen LogP contribution in [0.25, 0.3) is 10.8 Å². The van der Waals surface area contributed by atoms with Gasteiger partial charge in [0.1, 0.15) is 5.75 Å². The van der Waals surface area contributed by atoms with Crippen LogP contribution in [0, 0.1) is 0 Å². The third-order valence-electron chi connectivity index (χ3n) is 4.62. The van der Waals surface area contributed by atoms with E-state index in [0.29, 0.717) is 6.04 Å². The lowest BCUT2D eigenvalue weighted by Crippen LogP contribution is -2.45. The minimum Gasteiger partial charge on any atom is -0.496 e. The first-order valence-electron chi connectivity index (χ1n) is 8.35. The van der Waals surface area contributed by atoms with Crippen LogP contribution in [0.2, 0.25) is 0 Å². The Kier molecular flexibility index (Phi) is 4.99. The van der Waals surface area contributed by atoms with E-state index in [2.05, 4.69) is 60.1 Å². The van der Waals surface area contributed by atoms with Crippen LogP contribution in [0.15, 0.2) is 48.6 Å². The van der Waals surface area contributed by atoms with Crippen molar-refractivity contribution in [1.82, 2.24) is 10.2 Å². The van der Waals surface area contributed by atoms with Crippen LogP contribution in [-0.4, -0.2) is 38.2 Å². The first kappa shape index (κ1) is 16.0. The average Bonchev–Trinajstić information content (AvgIpc) is 2.59. The first-order valence-corrected chi connectivity index (χ1v) is 8.35. The fourth-order valence-corrected chi connectivity index (χ4v) is 3.53. The molecule has 0 bridgehead atoms. The van der Waals surface area contributed by atoms with Crippen molar-refractivity contribution >= 4 is 10.8 Å². The summed E-state index contributed by atoms with van der Waals surface area (Å²) in [6.07, 6.45) is 0.963. The Balaban J connectivity index is 2.13. The summed E-state index contributed by atoms with van der Waals surface area (Å²) in [5.41, 5.74) is 2.51. The Morgan fingerprint density at radius 2 is 1.96 bits per heavy atom. The maximum Gasteiger partial charge on any atom is 0.124 e. The van der Waals surface area contributed by atoms with Crippen molar-refractivity contribution in [2.24, 2.45) is 0 Å². The Hall–Kier alpha value is -1.84. The van der Waals surface area contributed by atoms with E-state index in [-0.39, 0.29) is 0 Å². The highest BCUT2D eigenvalue weighted by Gasteiger charge is 2.26. The molecule has 1 heterocycles. The van der Waals surface area contributed by atoms with Crippen molar-refractivity contribution in [3.63, 3.8) is 0 Å². The van der Waals surface area contributed by atoms with E-state index in [4.69, 9.17) is 4.74 Å². The van der Waals surface area contributed by atoms with Crippen LogP contribution in [0.3, 0.4) is 0 Å². The number of hydrogen-bond donors (Lipinski definition) is 1. The fraction of sp³-hybridized carbons (Fsp3) is 0.400. The van der Waals surface area contributed by atoms with Crippen LogP contribution < -0.4 is 10.1 Å². The molecule has 23 heavy (non-hydrogen) atoms. The summed E-state index contributed by atoms with van der Waals surface area (Å²) < 4.78 is 5.73. The van der Waals surface area contributed by atoms with E-state index in [1.807, 2.05) is 0 Å². The van der Waals surface area contributed by atoms with Gasteiger partial charge in [0.2, 0.25) is 0 Å². The van der Waals surface area contributed by atoms with Gasteiger partial charge in [0.25, 0.3) is 0 Å². The van der Waals surface area contributed by atoms with E-state index >= 15 is 0 Å². The molecule has 1 aliphatic rings. The number of nitrogens with zero attached hydrogens (tertiary/aromatic N) is 1. The standard InChI is InChI=1S/C20H26N2O/c1-15(2)14-18(22-12-10-21-11-13-22)20-17-7-5-4-6-16(17)8-9-19(20)23-3/h4-9,18,21H,1,10-14H2,2-3H3/t18-/m1/s1. The molecule has 1 fully saturated rings. The lowest BCUT2D eigenvalue weighted by Gasteiger charge is -2.36. The number of piperazine rings is 1. The second-order valence-corrected chi connectivity index (χ2v) is 6.37.